The molecule has 3 aromatic rings. The molecule has 0 saturated carbocycles. The molecule has 0 bridgehead atoms. The molecule has 2 aromatic carbocycles. The third kappa shape index (κ3) is 4.88. The quantitative estimate of drug-likeness (QED) is 0.570. The highest BCUT2D eigenvalue weighted by Crippen LogP contribution is 2.32. The molecule has 0 aliphatic carbocycles. The number of hydrogen-bond acceptors (Lipinski definition) is 8. The maximum atomic E-state index is 13.1. The molecule has 0 radical (unpaired) electrons. The SMILES string of the molecule is COc1cc2occ(-c3ccc(OCC(O)CN4CCOCC4)cc3)c(=O)c2cc1OC. The van der Waals surface area contributed by atoms with Gasteiger partial charge in [-0.05, 0) is 23.8 Å². The maximum Gasteiger partial charge on any atom is 0.200 e. The Labute approximate surface area is 185 Å². The van der Waals surface area contributed by atoms with Gasteiger partial charge in [0, 0.05) is 25.7 Å². The van der Waals surface area contributed by atoms with Gasteiger partial charge in [-0.1, -0.05) is 12.1 Å². The Balaban J connectivity index is 1.46. The van der Waals surface area contributed by atoms with Crippen LogP contribution in [0.1, 0.15) is 0 Å². The summed E-state index contributed by atoms with van der Waals surface area (Å²) in [5.74, 6) is 1.57. The molecule has 8 nitrogen and oxygen atoms in total. The number of rotatable bonds is 8. The summed E-state index contributed by atoms with van der Waals surface area (Å²) in [4.78, 5) is 15.2. The number of nitrogens with zero attached hydrogens (tertiary/aromatic N) is 1. The van der Waals surface area contributed by atoms with Crippen molar-refractivity contribution < 1.29 is 28.5 Å². The van der Waals surface area contributed by atoms with E-state index < -0.39 is 6.10 Å². The van der Waals surface area contributed by atoms with E-state index in [0.717, 1.165) is 13.1 Å². The number of methoxy groups -OCH3 is 2. The first-order valence-electron chi connectivity index (χ1n) is 10.5. The molecule has 1 aliphatic rings. The molecule has 1 atom stereocenters. The van der Waals surface area contributed by atoms with E-state index in [4.69, 9.17) is 23.4 Å². The fourth-order valence-corrected chi connectivity index (χ4v) is 3.71. The largest absolute Gasteiger partial charge is 0.493 e. The second-order valence-electron chi connectivity index (χ2n) is 7.58. The molecular formula is C24H27NO7. The summed E-state index contributed by atoms with van der Waals surface area (Å²) >= 11 is 0. The van der Waals surface area contributed by atoms with Crippen LogP contribution in [0.15, 0.2) is 51.9 Å². The lowest BCUT2D eigenvalue weighted by atomic mass is 10.1. The van der Waals surface area contributed by atoms with Crippen LogP contribution < -0.4 is 19.6 Å². The van der Waals surface area contributed by atoms with E-state index in [9.17, 15) is 9.90 Å². The van der Waals surface area contributed by atoms with E-state index in [2.05, 4.69) is 4.90 Å². The first-order valence-corrected chi connectivity index (χ1v) is 10.5. The second kappa shape index (κ2) is 10.0. The first-order chi connectivity index (χ1) is 15.6. The van der Waals surface area contributed by atoms with E-state index in [0.29, 0.717) is 59.1 Å². The molecule has 1 fully saturated rings. The lowest BCUT2D eigenvalue weighted by Gasteiger charge is -2.28. The average Bonchev–Trinajstić information content (AvgIpc) is 2.83. The van der Waals surface area contributed by atoms with Gasteiger partial charge in [0.2, 0.25) is 5.43 Å². The molecule has 4 rings (SSSR count). The van der Waals surface area contributed by atoms with Crippen LogP contribution in [-0.2, 0) is 4.74 Å². The number of hydrogen-bond donors (Lipinski definition) is 1. The van der Waals surface area contributed by atoms with E-state index >= 15 is 0 Å². The van der Waals surface area contributed by atoms with Crippen LogP contribution in [0.4, 0.5) is 0 Å². The third-order valence-electron chi connectivity index (χ3n) is 5.46. The predicted octanol–water partition coefficient (Wildman–Crippen LogP) is 2.55. The summed E-state index contributed by atoms with van der Waals surface area (Å²) in [6.07, 6.45) is 0.853. The van der Waals surface area contributed by atoms with E-state index in [1.165, 1.54) is 20.5 Å². The Kier molecular flexibility index (Phi) is 6.94. The van der Waals surface area contributed by atoms with Crippen molar-refractivity contribution in [3.05, 3.63) is 52.9 Å². The minimum Gasteiger partial charge on any atom is -0.493 e. The van der Waals surface area contributed by atoms with Crippen LogP contribution in [0.5, 0.6) is 17.2 Å². The normalized spacial score (nSPS) is 15.5. The van der Waals surface area contributed by atoms with Crippen LogP contribution in [0.2, 0.25) is 0 Å². The number of ether oxygens (including phenoxy) is 4. The molecule has 170 valence electrons. The first kappa shape index (κ1) is 22.1. The van der Waals surface area contributed by atoms with E-state index in [1.807, 2.05) is 0 Å². The predicted molar refractivity (Wildman–Crippen MR) is 120 cm³/mol. The second-order valence-corrected chi connectivity index (χ2v) is 7.58. The third-order valence-corrected chi connectivity index (χ3v) is 5.46. The molecule has 0 spiro atoms. The highest BCUT2D eigenvalue weighted by atomic mass is 16.5. The van der Waals surface area contributed by atoms with Crippen molar-refractivity contribution in [3.63, 3.8) is 0 Å². The van der Waals surface area contributed by atoms with E-state index in [1.54, 1.807) is 36.4 Å². The Bertz CT molecular complexity index is 1100. The number of benzene rings is 2. The zero-order valence-electron chi connectivity index (χ0n) is 18.2. The summed E-state index contributed by atoms with van der Waals surface area (Å²) in [5, 5.41) is 10.6. The Morgan fingerprint density at radius 2 is 1.75 bits per heavy atom. The van der Waals surface area contributed by atoms with Crippen molar-refractivity contribution in [2.75, 3.05) is 53.7 Å². The summed E-state index contributed by atoms with van der Waals surface area (Å²) < 4.78 is 27.3. The van der Waals surface area contributed by atoms with Gasteiger partial charge in [0.15, 0.2) is 11.5 Å². The Morgan fingerprint density at radius 1 is 1.06 bits per heavy atom. The number of fused-ring (bicyclic) bond motifs is 1. The highest BCUT2D eigenvalue weighted by Gasteiger charge is 2.16. The molecule has 0 amide bonds. The van der Waals surface area contributed by atoms with Crippen molar-refractivity contribution in [1.29, 1.82) is 0 Å². The number of β-amino-alcohol motifs (C(OH)–C–C–N with tert-alkyl or cyclic N) is 1. The van der Waals surface area contributed by atoms with Crippen molar-refractivity contribution in [2.45, 2.75) is 6.10 Å². The van der Waals surface area contributed by atoms with Gasteiger partial charge in [0.25, 0.3) is 0 Å². The maximum absolute atomic E-state index is 13.1. The average molecular weight is 441 g/mol. The van der Waals surface area contributed by atoms with Gasteiger partial charge in [0.1, 0.15) is 30.3 Å². The van der Waals surface area contributed by atoms with Crippen LogP contribution >= 0.6 is 0 Å². The molecule has 1 aromatic heterocycles. The summed E-state index contributed by atoms with van der Waals surface area (Å²) in [7, 11) is 3.05. The van der Waals surface area contributed by atoms with Crippen molar-refractivity contribution in [3.8, 4) is 28.4 Å². The molecule has 1 aliphatic heterocycles. The van der Waals surface area contributed by atoms with Gasteiger partial charge in [0.05, 0.1) is 38.4 Å². The number of aliphatic hydroxyl groups excluding tert-OH is 1. The molecular weight excluding hydrogens is 414 g/mol. The standard InChI is InChI=1S/C24H27NO7/c1-28-22-11-19-21(12-23(22)29-2)32-15-20(24(19)27)16-3-5-18(6-4-16)31-14-17(26)13-25-7-9-30-10-8-25/h3-6,11-12,15,17,26H,7-10,13-14H2,1-2H3. The number of morpholine rings is 1. The van der Waals surface area contributed by atoms with Gasteiger partial charge in [-0.2, -0.15) is 0 Å². The minimum atomic E-state index is -0.590. The smallest absolute Gasteiger partial charge is 0.200 e. The van der Waals surface area contributed by atoms with Crippen molar-refractivity contribution in [1.82, 2.24) is 4.90 Å². The highest BCUT2D eigenvalue weighted by molar-refractivity contribution is 5.84. The molecule has 1 unspecified atom stereocenters. The minimum absolute atomic E-state index is 0.165. The van der Waals surface area contributed by atoms with Gasteiger partial charge in [-0.15, -0.1) is 0 Å². The Morgan fingerprint density at radius 3 is 2.44 bits per heavy atom. The van der Waals surface area contributed by atoms with Crippen molar-refractivity contribution in [2.24, 2.45) is 0 Å². The molecule has 1 saturated heterocycles. The topological polar surface area (TPSA) is 90.6 Å². The molecule has 8 heteroatoms. The van der Waals surface area contributed by atoms with E-state index in [-0.39, 0.29) is 12.0 Å². The van der Waals surface area contributed by atoms with Crippen LogP contribution in [0.25, 0.3) is 22.1 Å². The summed E-state index contributed by atoms with van der Waals surface area (Å²) in [6.45, 7) is 3.76. The van der Waals surface area contributed by atoms with Crippen LogP contribution in [0, 0.1) is 0 Å². The summed E-state index contributed by atoms with van der Waals surface area (Å²) in [6, 6.07) is 10.4. The monoisotopic (exact) mass is 441 g/mol. The van der Waals surface area contributed by atoms with Crippen LogP contribution in [-0.4, -0.2) is 69.8 Å². The lowest BCUT2D eigenvalue weighted by molar-refractivity contribution is 0.00466. The molecule has 1 N–H and O–H groups in total. The van der Waals surface area contributed by atoms with Crippen LogP contribution in [0.3, 0.4) is 0 Å². The van der Waals surface area contributed by atoms with Gasteiger partial charge >= 0.3 is 0 Å². The number of aliphatic hydroxyl groups is 1. The fraction of sp³-hybridized carbons (Fsp3) is 0.375. The van der Waals surface area contributed by atoms with Gasteiger partial charge in [-0.25, -0.2) is 0 Å². The van der Waals surface area contributed by atoms with Gasteiger partial charge in [-0.3, -0.25) is 9.69 Å². The zero-order chi connectivity index (χ0) is 22.5. The zero-order valence-corrected chi connectivity index (χ0v) is 18.2. The van der Waals surface area contributed by atoms with Gasteiger partial charge < -0.3 is 28.5 Å². The Hall–Kier alpha value is -3.07. The fourth-order valence-electron chi connectivity index (χ4n) is 3.71. The summed E-state index contributed by atoms with van der Waals surface area (Å²) in [5.41, 5.74) is 1.40. The van der Waals surface area contributed by atoms with Crippen molar-refractivity contribution >= 4 is 11.0 Å². The lowest BCUT2D eigenvalue weighted by Crippen LogP contribution is -2.42. The molecule has 2 heterocycles. The molecule has 32 heavy (non-hydrogen) atoms.